The molecule has 0 radical (unpaired) electrons. The number of pyridine rings is 1. The van der Waals surface area contributed by atoms with Crippen molar-refractivity contribution in [3.8, 4) is 0 Å². The number of piperidine rings is 2. The first-order valence-corrected chi connectivity index (χ1v) is 19.9. The highest BCUT2D eigenvalue weighted by atomic mass is 79.9. The predicted molar refractivity (Wildman–Crippen MR) is 178 cm³/mol. The number of nitrogens with zero attached hydrogens (tertiary/aromatic N) is 3. The van der Waals surface area contributed by atoms with Gasteiger partial charge in [-0.15, -0.1) is 0 Å². The van der Waals surface area contributed by atoms with Crippen LogP contribution in [0.3, 0.4) is 0 Å². The molecule has 0 spiro atoms. The van der Waals surface area contributed by atoms with E-state index in [1.54, 1.807) is 0 Å². The number of alkyl halides is 3. The van der Waals surface area contributed by atoms with Crippen LogP contribution < -0.4 is 15.4 Å². The number of sulfonamides is 2. The van der Waals surface area contributed by atoms with Crippen molar-refractivity contribution in [3.05, 3.63) is 46.6 Å². The Balaban J connectivity index is 1.20. The molecule has 4 rings (SSSR count). The normalized spacial score (nSPS) is 18.2. The van der Waals surface area contributed by atoms with E-state index in [0.29, 0.717) is 67.4 Å². The number of nitrogens with one attached hydrogen (secondary N) is 1. The second kappa shape index (κ2) is 16.6. The number of unbranched alkanes of at least 4 members (excludes halogenated alkanes) is 1. The van der Waals surface area contributed by atoms with E-state index in [1.807, 2.05) is 0 Å². The standard InChI is InChI=1S/C31H43BrF3N5O6S2/c32-27-20-26(47(43,44)38-28(30(41)42)6-1-2-15-36)21-37-29(27)39-16-11-22(12-17-39)4-3-5-23-13-18-40(19-14-23)48(45,46)25-9-7-24(8-10-25)31(33,34)35/h7-10,20-23,28,38H,1-6,11-19,36H2,(H,41,42). The molecule has 2 saturated heterocycles. The van der Waals surface area contributed by atoms with Gasteiger partial charge in [0.05, 0.1) is 14.9 Å². The summed E-state index contributed by atoms with van der Waals surface area (Å²) >= 11 is 3.45. The molecule has 268 valence electrons. The zero-order valence-corrected chi connectivity index (χ0v) is 29.8. The fourth-order valence-corrected chi connectivity index (χ4v) is 9.72. The Kier molecular flexibility index (Phi) is 13.3. The Bertz CT molecular complexity index is 1600. The van der Waals surface area contributed by atoms with Gasteiger partial charge in [0.25, 0.3) is 0 Å². The van der Waals surface area contributed by atoms with Gasteiger partial charge >= 0.3 is 12.1 Å². The molecular formula is C31H43BrF3N5O6S2. The maximum Gasteiger partial charge on any atom is 0.416 e. The lowest BCUT2D eigenvalue weighted by Crippen LogP contribution is -2.40. The number of aromatic nitrogens is 1. The highest BCUT2D eigenvalue weighted by Gasteiger charge is 2.33. The minimum atomic E-state index is -4.52. The van der Waals surface area contributed by atoms with Gasteiger partial charge in [0.1, 0.15) is 16.8 Å². The van der Waals surface area contributed by atoms with E-state index in [-0.39, 0.29) is 16.2 Å². The fourth-order valence-electron chi connectivity index (χ4n) is 6.31. The molecule has 2 fully saturated rings. The van der Waals surface area contributed by atoms with Crippen LogP contribution in [0, 0.1) is 11.8 Å². The molecule has 1 aromatic heterocycles. The molecule has 11 nitrogen and oxygen atoms in total. The number of aliphatic carboxylic acids is 1. The zero-order valence-electron chi connectivity index (χ0n) is 26.5. The molecule has 2 aliphatic heterocycles. The van der Waals surface area contributed by atoms with Crippen LogP contribution in [0.25, 0.3) is 0 Å². The summed E-state index contributed by atoms with van der Waals surface area (Å²) in [4.78, 5) is 17.8. The molecule has 2 aliphatic rings. The minimum absolute atomic E-state index is 0.124. The lowest BCUT2D eigenvalue weighted by molar-refractivity contribution is -0.139. The summed E-state index contributed by atoms with van der Waals surface area (Å²) in [5, 5.41) is 9.45. The van der Waals surface area contributed by atoms with E-state index in [9.17, 15) is 39.9 Å². The Morgan fingerprint density at radius 1 is 0.958 bits per heavy atom. The fraction of sp³-hybridized carbons (Fsp3) is 0.613. The molecule has 0 saturated carbocycles. The second-order valence-electron chi connectivity index (χ2n) is 12.5. The van der Waals surface area contributed by atoms with E-state index in [0.717, 1.165) is 69.5 Å². The summed E-state index contributed by atoms with van der Waals surface area (Å²) in [7, 11) is -7.95. The molecule has 2 aromatic rings. The van der Waals surface area contributed by atoms with Gasteiger partial charge in [-0.05, 0) is 103 Å². The van der Waals surface area contributed by atoms with Crippen molar-refractivity contribution in [1.82, 2.24) is 14.0 Å². The van der Waals surface area contributed by atoms with Crippen LogP contribution in [0.4, 0.5) is 19.0 Å². The monoisotopic (exact) mass is 781 g/mol. The van der Waals surface area contributed by atoms with Gasteiger partial charge in [-0.2, -0.15) is 22.2 Å². The van der Waals surface area contributed by atoms with E-state index in [1.165, 1.54) is 16.6 Å². The number of halogens is 4. The number of carboxylic acid groups (broad SMARTS) is 1. The Morgan fingerprint density at radius 2 is 1.54 bits per heavy atom. The van der Waals surface area contributed by atoms with Gasteiger partial charge in [0.15, 0.2) is 0 Å². The van der Waals surface area contributed by atoms with Gasteiger partial charge < -0.3 is 15.7 Å². The van der Waals surface area contributed by atoms with Crippen LogP contribution >= 0.6 is 15.9 Å². The van der Waals surface area contributed by atoms with Crippen molar-refractivity contribution in [3.63, 3.8) is 0 Å². The number of nitrogens with two attached hydrogens (primary N) is 1. The predicted octanol–water partition coefficient (Wildman–Crippen LogP) is 5.21. The lowest BCUT2D eigenvalue weighted by Gasteiger charge is -2.34. The number of anilines is 1. The first-order valence-electron chi connectivity index (χ1n) is 16.1. The van der Waals surface area contributed by atoms with Gasteiger partial charge in [0.2, 0.25) is 20.0 Å². The van der Waals surface area contributed by atoms with Crippen molar-refractivity contribution >= 4 is 47.8 Å². The van der Waals surface area contributed by atoms with Crippen molar-refractivity contribution in [2.75, 3.05) is 37.6 Å². The van der Waals surface area contributed by atoms with Gasteiger partial charge in [0, 0.05) is 32.4 Å². The van der Waals surface area contributed by atoms with Gasteiger partial charge in [-0.25, -0.2) is 21.8 Å². The lowest BCUT2D eigenvalue weighted by atomic mass is 9.87. The minimum Gasteiger partial charge on any atom is -0.480 e. The van der Waals surface area contributed by atoms with Crippen LogP contribution in [0.15, 0.2) is 50.8 Å². The topological polar surface area (TPSA) is 163 Å². The third-order valence-corrected chi connectivity index (χ3v) is 13.1. The van der Waals surface area contributed by atoms with Gasteiger partial charge in [-0.3, -0.25) is 4.79 Å². The van der Waals surface area contributed by atoms with E-state index < -0.39 is 43.8 Å². The van der Waals surface area contributed by atoms with E-state index in [2.05, 4.69) is 30.5 Å². The van der Waals surface area contributed by atoms with Gasteiger partial charge in [-0.1, -0.05) is 25.7 Å². The quantitative estimate of drug-likeness (QED) is 0.206. The van der Waals surface area contributed by atoms with Crippen molar-refractivity contribution in [2.24, 2.45) is 17.6 Å². The second-order valence-corrected chi connectivity index (χ2v) is 17.0. The molecule has 0 aliphatic carbocycles. The Labute approximate surface area is 288 Å². The number of carboxylic acids is 1. The van der Waals surface area contributed by atoms with Crippen molar-refractivity contribution < 1.29 is 39.9 Å². The average Bonchev–Trinajstić information content (AvgIpc) is 3.04. The molecule has 48 heavy (non-hydrogen) atoms. The highest BCUT2D eigenvalue weighted by Crippen LogP contribution is 2.34. The summed E-state index contributed by atoms with van der Waals surface area (Å²) in [5.41, 5.74) is 4.58. The van der Waals surface area contributed by atoms with Crippen LogP contribution in [0.5, 0.6) is 0 Å². The third-order valence-electron chi connectivity index (χ3n) is 9.18. The molecule has 1 aromatic carbocycles. The summed E-state index contributed by atoms with van der Waals surface area (Å²) in [5.74, 6) is 0.294. The SMILES string of the molecule is NCCCCC(NS(=O)(=O)c1cnc(N2CCC(CCCC3CCN(S(=O)(=O)c4ccc(C(F)(F)F)cc4)CC3)CC2)c(Br)c1)C(=O)O. The summed E-state index contributed by atoms with van der Waals surface area (Å²) in [6.07, 6.45) is 4.30. The maximum atomic E-state index is 13.0. The number of hydrogen-bond acceptors (Lipinski definition) is 8. The first kappa shape index (κ1) is 38.5. The van der Waals surface area contributed by atoms with Crippen LogP contribution in [0.2, 0.25) is 0 Å². The summed E-state index contributed by atoms with van der Waals surface area (Å²) in [6.45, 7) is 2.59. The highest BCUT2D eigenvalue weighted by molar-refractivity contribution is 9.10. The molecule has 1 unspecified atom stereocenters. The van der Waals surface area contributed by atoms with Crippen molar-refractivity contribution in [2.45, 2.75) is 86.2 Å². The molecule has 0 amide bonds. The smallest absolute Gasteiger partial charge is 0.416 e. The van der Waals surface area contributed by atoms with Crippen LogP contribution in [-0.2, 0) is 31.0 Å². The largest absolute Gasteiger partial charge is 0.480 e. The summed E-state index contributed by atoms with van der Waals surface area (Å²) < 4.78 is 94.4. The summed E-state index contributed by atoms with van der Waals surface area (Å²) in [6, 6.07) is 3.82. The number of carbonyl (C=O) groups is 1. The number of hydrogen-bond donors (Lipinski definition) is 3. The third kappa shape index (κ3) is 10.1. The number of rotatable bonds is 15. The van der Waals surface area contributed by atoms with E-state index in [4.69, 9.17) is 5.73 Å². The van der Waals surface area contributed by atoms with Crippen LogP contribution in [0.1, 0.15) is 69.8 Å². The Morgan fingerprint density at radius 3 is 2.06 bits per heavy atom. The average molecular weight is 783 g/mol. The van der Waals surface area contributed by atoms with E-state index >= 15 is 0 Å². The Hall–Kier alpha value is -2.31. The van der Waals surface area contributed by atoms with Crippen molar-refractivity contribution in [1.29, 1.82) is 0 Å². The van der Waals surface area contributed by atoms with Crippen LogP contribution in [-0.4, -0.2) is 76.0 Å². The molecule has 0 bridgehead atoms. The first-order chi connectivity index (χ1) is 22.6. The molecule has 4 N–H and O–H groups in total. The molecule has 17 heteroatoms. The molecular weight excluding hydrogens is 739 g/mol. The maximum absolute atomic E-state index is 13.0. The number of benzene rings is 1. The molecule has 1 atom stereocenters. The zero-order chi connectivity index (χ0) is 35.1. The molecule has 3 heterocycles.